The molecule has 0 aromatic heterocycles. The van der Waals surface area contributed by atoms with E-state index < -0.39 is 35.3 Å². The Balaban J connectivity index is 3.04. The van der Waals surface area contributed by atoms with Gasteiger partial charge in [0.1, 0.15) is 5.82 Å². The van der Waals surface area contributed by atoms with Crippen LogP contribution in [0.3, 0.4) is 0 Å². The van der Waals surface area contributed by atoms with Gasteiger partial charge in [-0.25, -0.2) is 4.39 Å². The molecule has 0 spiro atoms. The molecular formula is C10H7ClF4OS. The van der Waals surface area contributed by atoms with E-state index in [2.05, 4.69) is 0 Å². The van der Waals surface area contributed by atoms with E-state index >= 15 is 0 Å². The molecule has 0 amide bonds. The minimum absolute atomic E-state index is 0.263. The number of carbonyl (C=O) groups is 1. The molecule has 0 aliphatic rings. The molecule has 1 rings (SSSR count). The lowest BCUT2D eigenvalue weighted by Crippen LogP contribution is -2.09. The van der Waals surface area contributed by atoms with Crippen molar-refractivity contribution in [2.75, 3.05) is 5.88 Å². The molecule has 17 heavy (non-hydrogen) atoms. The van der Waals surface area contributed by atoms with Crippen molar-refractivity contribution in [3.05, 3.63) is 29.6 Å². The van der Waals surface area contributed by atoms with Gasteiger partial charge in [-0.1, -0.05) is 6.07 Å². The van der Waals surface area contributed by atoms with Crippen molar-refractivity contribution in [2.45, 2.75) is 16.8 Å². The van der Waals surface area contributed by atoms with Gasteiger partial charge < -0.3 is 0 Å². The first-order chi connectivity index (χ1) is 7.83. The van der Waals surface area contributed by atoms with Crippen LogP contribution < -0.4 is 0 Å². The molecule has 1 nitrogen and oxygen atoms in total. The van der Waals surface area contributed by atoms with Crippen molar-refractivity contribution in [3.63, 3.8) is 0 Å². The lowest BCUT2D eigenvalue weighted by molar-refractivity contribution is -0.116. The highest BCUT2D eigenvalue weighted by Gasteiger charge is 2.31. The number of alkyl halides is 4. The lowest BCUT2D eigenvalue weighted by atomic mass is 10.1. The summed E-state index contributed by atoms with van der Waals surface area (Å²) in [7, 11) is 0. The number of benzene rings is 1. The quantitative estimate of drug-likeness (QED) is 0.476. The fourth-order valence-electron chi connectivity index (χ4n) is 1.18. The topological polar surface area (TPSA) is 17.1 Å². The molecule has 0 radical (unpaired) electrons. The van der Waals surface area contributed by atoms with Crippen LogP contribution in [0.25, 0.3) is 0 Å². The molecule has 0 bridgehead atoms. The fraction of sp³-hybridized carbons (Fsp3) is 0.300. The van der Waals surface area contributed by atoms with Gasteiger partial charge in [0.25, 0.3) is 0 Å². The standard InChI is InChI=1S/C10H7ClF4OS/c11-5-6(16)4-7-8(12)2-1-3-9(7)17-10(13,14)15/h1-3H,4-5H2. The van der Waals surface area contributed by atoms with E-state index in [0.717, 1.165) is 18.2 Å². The molecule has 0 fully saturated rings. The van der Waals surface area contributed by atoms with Crippen LogP contribution >= 0.6 is 23.4 Å². The van der Waals surface area contributed by atoms with E-state index in [4.69, 9.17) is 11.6 Å². The first kappa shape index (κ1) is 14.3. The summed E-state index contributed by atoms with van der Waals surface area (Å²) in [6.45, 7) is 0. The largest absolute Gasteiger partial charge is 0.446 e. The van der Waals surface area contributed by atoms with Crippen LogP contribution in [-0.4, -0.2) is 17.2 Å². The summed E-state index contributed by atoms with van der Waals surface area (Å²) < 4.78 is 50.0. The molecule has 0 unspecified atom stereocenters. The first-order valence-electron chi connectivity index (χ1n) is 4.44. The Labute approximate surface area is 104 Å². The lowest BCUT2D eigenvalue weighted by Gasteiger charge is -2.11. The molecule has 94 valence electrons. The van der Waals surface area contributed by atoms with Crippen molar-refractivity contribution >= 4 is 29.1 Å². The van der Waals surface area contributed by atoms with Gasteiger partial charge in [0.2, 0.25) is 0 Å². The summed E-state index contributed by atoms with van der Waals surface area (Å²) in [5, 5.41) is 0. The summed E-state index contributed by atoms with van der Waals surface area (Å²) in [6, 6.07) is 3.30. The van der Waals surface area contributed by atoms with E-state index in [1.54, 1.807) is 0 Å². The van der Waals surface area contributed by atoms with Gasteiger partial charge in [-0.15, -0.1) is 11.6 Å². The number of rotatable bonds is 4. The van der Waals surface area contributed by atoms with Crippen LogP contribution in [-0.2, 0) is 11.2 Å². The van der Waals surface area contributed by atoms with Crippen LogP contribution in [0, 0.1) is 5.82 Å². The van der Waals surface area contributed by atoms with Crippen LogP contribution in [0.2, 0.25) is 0 Å². The first-order valence-corrected chi connectivity index (χ1v) is 5.79. The summed E-state index contributed by atoms with van der Waals surface area (Å²) >= 11 is 4.80. The van der Waals surface area contributed by atoms with Gasteiger partial charge in [-0.05, 0) is 23.9 Å². The van der Waals surface area contributed by atoms with Crippen molar-refractivity contribution in [3.8, 4) is 0 Å². The normalized spacial score (nSPS) is 11.6. The average molecular weight is 287 g/mol. The third-order valence-electron chi connectivity index (χ3n) is 1.82. The van der Waals surface area contributed by atoms with Crippen molar-refractivity contribution in [1.29, 1.82) is 0 Å². The Hall–Kier alpha value is -0.750. The fourth-order valence-corrected chi connectivity index (χ4v) is 1.96. The van der Waals surface area contributed by atoms with E-state index in [1.807, 2.05) is 0 Å². The van der Waals surface area contributed by atoms with Crippen LogP contribution in [0.15, 0.2) is 23.1 Å². The third kappa shape index (κ3) is 4.55. The Morgan fingerprint density at radius 3 is 2.53 bits per heavy atom. The predicted octanol–water partition coefficient (Wildman–Crippen LogP) is 3.79. The summed E-state index contributed by atoms with van der Waals surface area (Å²) in [4.78, 5) is 10.8. The van der Waals surface area contributed by atoms with Crippen LogP contribution in [0.4, 0.5) is 17.6 Å². The number of thioether (sulfide) groups is 1. The second-order valence-corrected chi connectivity index (χ2v) is 4.49. The van der Waals surface area contributed by atoms with Gasteiger partial charge in [0, 0.05) is 16.9 Å². The molecule has 0 aliphatic carbocycles. The number of Topliss-reactive ketones (excluding diaryl/α,β-unsaturated/α-hetero) is 1. The number of carbonyl (C=O) groups excluding carboxylic acids is 1. The van der Waals surface area contributed by atoms with Crippen LogP contribution in [0.1, 0.15) is 5.56 Å². The second-order valence-electron chi connectivity index (χ2n) is 3.11. The van der Waals surface area contributed by atoms with Crippen molar-refractivity contribution in [2.24, 2.45) is 0 Å². The van der Waals surface area contributed by atoms with E-state index in [-0.39, 0.29) is 16.3 Å². The number of hydrogen-bond acceptors (Lipinski definition) is 2. The minimum Gasteiger partial charge on any atom is -0.298 e. The molecule has 0 atom stereocenters. The maximum atomic E-state index is 13.3. The van der Waals surface area contributed by atoms with E-state index in [0.29, 0.717) is 0 Å². The molecule has 1 aromatic carbocycles. The van der Waals surface area contributed by atoms with Gasteiger partial charge in [0.05, 0.1) is 5.88 Å². The third-order valence-corrected chi connectivity index (χ3v) is 2.96. The summed E-state index contributed by atoms with van der Waals surface area (Å²) in [5.74, 6) is -1.72. The van der Waals surface area contributed by atoms with E-state index in [1.165, 1.54) is 0 Å². The van der Waals surface area contributed by atoms with Gasteiger partial charge >= 0.3 is 5.51 Å². The Morgan fingerprint density at radius 1 is 1.35 bits per heavy atom. The highest BCUT2D eigenvalue weighted by Crippen LogP contribution is 2.39. The molecule has 7 heteroatoms. The maximum absolute atomic E-state index is 13.3. The zero-order valence-corrected chi connectivity index (χ0v) is 9.93. The monoisotopic (exact) mass is 286 g/mol. The predicted molar refractivity (Wildman–Crippen MR) is 57.7 cm³/mol. The smallest absolute Gasteiger partial charge is 0.298 e. The molecule has 0 saturated carbocycles. The highest BCUT2D eigenvalue weighted by atomic mass is 35.5. The Morgan fingerprint density at radius 2 is 2.00 bits per heavy atom. The number of halogens is 5. The molecule has 0 saturated heterocycles. The van der Waals surface area contributed by atoms with Gasteiger partial charge in [-0.2, -0.15) is 13.2 Å². The molecular weight excluding hydrogens is 280 g/mol. The number of ketones is 1. The Kier molecular flexibility index (Phi) is 4.82. The van der Waals surface area contributed by atoms with Crippen LogP contribution in [0.5, 0.6) is 0 Å². The van der Waals surface area contributed by atoms with Gasteiger partial charge in [0.15, 0.2) is 5.78 Å². The summed E-state index contributed by atoms with van der Waals surface area (Å²) in [6.07, 6.45) is -0.436. The van der Waals surface area contributed by atoms with Crippen molar-refractivity contribution in [1.82, 2.24) is 0 Å². The summed E-state index contributed by atoms with van der Waals surface area (Å²) in [5.41, 5.74) is -4.78. The zero-order chi connectivity index (χ0) is 13.1. The van der Waals surface area contributed by atoms with E-state index in [9.17, 15) is 22.4 Å². The Bertz CT molecular complexity index is 419. The number of hydrogen-bond donors (Lipinski definition) is 0. The second kappa shape index (κ2) is 5.73. The SMILES string of the molecule is O=C(CCl)Cc1c(F)cccc1SC(F)(F)F. The highest BCUT2D eigenvalue weighted by molar-refractivity contribution is 8.00. The van der Waals surface area contributed by atoms with Gasteiger partial charge in [-0.3, -0.25) is 4.79 Å². The average Bonchev–Trinajstić information content (AvgIpc) is 2.20. The van der Waals surface area contributed by atoms with Crippen molar-refractivity contribution < 1.29 is 22.4 Å². The zero-order valence-electron chi connectivity index (χ0n) is 8.35. The molecule has 0 N–H and O–H groups in total. The molecule has 1 aromatic rings. The maximum Gasteiger partial charge on any atom is 0.446 e. The minimum atomic E-state index is -4.52. The molecule has 0 heterocycles. The molecule has 0 aliphatic heterocycles.